The normalized spacial score (nSPS) is 22.5. The van der Waals surface area contributed by atoms with E-state index < -0.39 is 55.3 Å². The first-order valence-corrected chi connectivity index (χ1v) is 39.5. The van der Waals surface area contributed by atoms with Crippen molar-refractivity contribution in [3.05, 3.63) is 0 Å². The highest BCUT2D eigenvalue weighted by Crippen LogP contribution is 2.60. The minimum Gasteiger partial charge on any atom is -0.207 e. The first-order chi connectivity index (χ1) is 43.9. The Labute approximate surface area is 593 Å². The average molecular weight is 1430 g/mol. The summed E-state index contributed by atoms with van der Waals surface area (Å²) >= 11 is 0. The van der Waals surface area contributed by atoms with Gasteiger partial charge in [0, 0.05) is 31.6 Å². The topological polar surface area (TPSA) is 0 Å². The number of hydrogen-bond donors (Lipinski definition) is 0. The number of alkyl halides is 14. The molecule has 7 saturated carbocycles. The number of hydrogen-bond acceptors (Lipinski definition) is 0. The van der Waals surface area contributed by atoms with Crippen LogP contribution in [0.25, 0.3) is 0 Å². The highest BCUT2D eigenvalue weighted by molar-refractivity contribution is 4.99. The second kappa shape index (κ2) is 50.5. The van der Waals surface area contributed by atoms with E-state index in [0.29, 0.717) is 53.3 Å². The third-order valence-corrected chi connectivity index (χ3v) is 21.2. The van der Waals surface area contributed by atoms with E-state index in [0.717, 1.165) is 54.3 Å². The zero-order valence-electron chi connectivity index (χ0n) is 68.6. The van der Waals surface area contributed by atoms with Gasteiger partial charge in [-0.25, -0.2) is 8.78 Å². The van der Waals surface area contributed by atoms with Crippen LogP contribution in [0.2, 0.25) is 0 Å². The standard InChI is InChI=1S/C16H30.C14H26.C11H20.C7H12F2.2C6H11F3.C5H9F3.C5H12.C4H7F3.C4H10.C3H8.C2H6/c1-13-6-8-16(9-7-13)11-14(2,3)10-15(4,5)12-16;1-12-4-6-14(7-5-12)10-8-13(2,3)9-11-14;1-10-4-8-11(9-5-10)6-2-3-7-11;1-6-2-4-7(8,9)5-3-6;2*1-3-5(2)4-6(7,8)9;1-3-4(2)5(6,7)8;1-4-5(2)3;1-3(2)4(5,6)7;1-4(2)3;1-3-2;1-2/h13H,6-12H2,1-5H3;12H,4-11H2,1-3H3;10H,2-9H2,1H3;6H,2-5H2,1H3;2*5H,3-4H2,1-2H3;4H,3H2,1-2H3;5H,4H2,1-3H3;3H,1-2H3;4H,1-3H3;3H2,1-2H3;1-2H3/t;;;;2*5-;;;;;;/m....00....../s1. The molecule has 7 rings (SSSR count). The smallest absolute Gasteiger partial charge is 0.207 e. The lowest BCUT2D eigenvalue weighted by Gasteiger charge is -2.54. The predicted octanol–water partition coefficient (Wildman–Crippen LogP) is 33.7. The van der Waals surface area contributed by atoms with Crippen LogP contribution < -0.4 is 0 Å². The Balaban J connectivity index is -0.000000327. The van der Waals surface area contributed by atoms with Gasteiger partial charge in [-0.05, 0) is 195 Å². The molecule has 0 radical (unpaired) electrons. The fraction of sp³-hybridized carbons (Fsp3) is 1.00. The van der Waals surface area contributed by atoms with Gasteiger partial charge < -0.3 is 0 Å². The Bertz CT molecular complexity index is 1720. The second-order valence-electron chi connectivity index (χ2n) is 35.8. The summed E-state index contributed by atoms with van der Waals surface area (Å²) < 4.78 is 162. The number of rotatable bonds is 6. The molecule has 0 aromatic rings. The molecule has 0 bridgehead atoms. The third-order valence-electron chi connectivity index (χ3n) is 21.2. The Morgan fingerprint density at radius 2 is 0.588 bits per heavy atom. The van der Waals surface area contributed by atoms with Crippen LogP contribution in [-0.2, 0) is 0 Å². The molecule has 0 heterocycles. The monoisotopic (exact) mass is 1430 g/mol. The third kappa shape index (κ3) is 59.0. The zero-order chi connectivity index (χ0) is 77.3. The van der Waals surface area contributed by atoms with Crippen molar-refractivity contribution in [3.63, 3.8) is 0 Å². The van der Waals surface area contributed by atoms with Gasteiger partial charge in [-0.3, -0.25) is 0 Å². The molecule has 592 valence electrons. The molecule has 97 heavy (non-hydrogen) atoms. The highest BCUT2D eigenvalue weighted by Gasteiger charge is 2.48. The molecule has 0 amide bonds. The molecule has 7 aliphatic rings. The average Bonchev–Trinajstić information content (AvgIpc) is 1.41. The van der Waals surface area contributed by atoms with Crippen molar-refractivity contribution in [1.82, 2.24) is 0 Å². The minimum atomic E-state index is -4.00. The Morgan fingerprint density at radius 1 is 0.340 bits per heavy atom. The molecule has 0 N–H and O–H groups in total. The van der Waals surface area contributed by atoms with E-state index in [1.54, 1.807) is 53.4 Å². The van der Waals surface area contributed by atoms with Gasteiger partial charge in [-0.15, -0.1) is 0 Å². The van der Waals surface area contributed by atoms with E-state index >= 15 is 0 Å². The highest BCUT2D eigenvalue weighted by atomic mass is 19.4. The lowest BCUT2D eigenvalue weighted by atomic mass is 9.51. The summed E-state index contributed by atoms with van der Waals surface area (Å²) in [5.74, 6) is 0.104. The van der Waals surface area contributed by atoms with Crippen LogP contribution in [0.5, 0.6) is 0 Å². The van der Waals surface area contributed by atoms with E-state index in [4.69, 9.17) is 0 Å². The zero-order valence-corrected chi connectivity index (χ0v) is 68.6. The van der Waals surface area contributed by atoms with Gasteiger partial charge in [-0.2, -0.15) is 52.7 Å². The van der Waals surface area contributed by atoms with Crippen LogP contribution in [0.15, 0.2) is 0 Å². The van der Waals surface area contributed by atoms with Gasteiger partial charge in [0.2, 0.25) is 5.92 Å². The van der Waals surface area contributed by atoms with Crippen molar-refractivity contribution in [2.24, 2.45) is 91.7 Å². The van der Waals surface area contributed by atoms with Crippen LogP contribution in [0.1, 0.15) is 412 Å². The molecule has 7 fully saturated rings. The van der Waals surface area contributed by atoms with Crippen molar-refractivity contribution in [1.29, 1.82) is 0 Å². The van der Waals surface area contributed by atoms with Crippen LogP contribution in [0.4, 0.5) is 61.5 Å². The number of halogens is 14. The molecule has 0 aromatic heterocycles. The van der Waals surface area contributed by atoms with Gasteiger partial charge in [0.15, 0.2) is 0 Å². The first kappa shape index (κ1) is 105. The molecule has 0 aliphatic heterocycles. The summed E-state index contributed by atoms with van der Waals surface area (Å²) in [6, 6.07) is 0. The van der Waals surface area contributed by atoms with E-state index in [9.17, 15) is 61.5 Å². The van der Waals surface area contributed by atoms with E-state index in [-0.39, 0.29) is 31.1 Å². The molecule has 0 nitrogen and oxygen atoms in total. The summed E-state index contributed by atoms with van der Waals surface area (Å²) in [7, 11) is 0. The van der Waals surface area contributed by atoms with Gasteiger partial charge in [0.05, 0.1) is 5.92 Å². The molecule has 3 spiro atoms. The molecule has 1 unspecified atom stereocenters. The van der Waals surface area contributed by atoms with E-state index in [2.05, 4.69) is 118 Å². The molecule has 0 aromatic carbocycles. The molecule has 14 heteroatoms. The maximum absolute atomic E-state index is 12.4. The lowest BCUT2D eigenvalue weighted by molar-refractivity contribution is -0.170. The molecule has 3 atom stereocenters. The van der Waals surface area contributed by atoms with E-state index in [1.165, 1.54) is 149 Å². The molecular weight excluding hydrogens is 1260 g/mol. The minimum absolute atomic E-state index is 0.105. The Kier molecular flexibility index (Phi) is 54.4. The Morgan fingerprint density at radius 3 is 0.773 bits per heavy atom. The maximum Gasteiger partial charge on any atom is 0.391 e. The van der Waals surface area contributed by atoms with Crippen LogP contribution in [0, 0.1) is 91.7 Å². The Hall–Kier alpha value is -0.980. The van der Waals surface area contributed by atoms with Crippen molar-refractivity contribution in [2.45, 2.75) is 443 Å². The summed E-state index contributed by atoms with van der Waals surface area (Å²) in [6.07, 6.45) is 23.0. The van der Waals surface area contributed by atoms with Gasteiger partial charge in [-0.1, -0.05) is 271 Å². The maximum atomic E-state index is 12.4. The fourth-order valence-corrected chi connectivity index (χ4v) is 14.1. The SMILES string of the molecule is CC.CC(C)C.CC(C)C(F)(F)F.CC1CCC(F)(F)CC1.CC1CCC2(CC1)CC(C)(C)CC(C)(C)C2.CC1CCC2(CC1)CCC(C)(C)CC2.CC1CCC2(CCCC2)CC1.CCC.CCC(C)C.CCC(C)C(F)(F)F.CC[C@H](C)CC(F)(F)F.CC[C@H](C)CC(F)(F)F. The van der Waals surface area contributed by atoms with Crippen LogP contribution in [-0.4, -0.2) is 30.6 Å². The van der Waals surface area contributed by atoms with Crippen LogP contribution >= 0.6 is 0 Å². The lowest BCUT2D eigenvalue weighted by Crippen LogP contribution is -2.43. The quantitative estimate of drug-likeness (QED) is 0.233. The van der Waals surface area contributed by atoms with Crippen LogP contribution in [0.3, 0.4) is 0 Å². The van der Waals surface area contributed by atoms with Gasteiger partial charge in [0.25, 0.3) is 0 Å². The first-order valence-electron chi connectivity index (χ1n) is 39.5. The fourth-order valence-electron chi connectivity index (χ4n) is 14.1. The summed E-state index contributed by atoms with van der Waals surface area (Å²) in [5.41, 5.74) is 4.14. The predicted molar refractivity (Wildman–Crippen MR) is 395 cm³/mol. The molecule has 0 saturated heterocycles. The van der Waals surface area contributed by atoms with Crippen molar-refractivity contribution < 1.29 is 61.5 Å². The second-order valence-corrected chi connectivity index (χ2v) is 35.8. The molecule has 7 aliphatic carbocycles. The van der Waals surface area contributed by atoms with Crippen molar-refractivity contribution in [3.8, 4) is 0 Å². The summed E-state index contributed by atoms with van der Waals surface area (Å²) in [6.45, 7) is 57.3. The van der Waals surface area contributed by atoms with Gasteiger partial charge >= 0.3 is 24.7 Å². The van der Waals surface area contributed by atoms with E-state index in [1.807, 2.05) is 20.8 Å². The summed E-state index contributed by atoms with van der Waals surface area (Å²) in [5, 5.41) is 0. The van der Waals surface area contributed by atoms with Gasteiger partial charge in [0.1, 0.15) is 0 Å². The molecular formula is C83H162F14. The largest absolute Gasteiger partial charge is 0.391 e. The van der Waals surface area contributed by atoms with Crippen molar-refractivity contribution >= 4 is 0 Å². The van der Waals surface area contributed by atoms with Crippen molar-refractivity contribution in [2.75, 3.05) is 0 Å². The summed E-state index contributed by atoms with van der Waals surface area (Å²) in [4.78, 5) is 0.